The van der Waals surface area contributed by atoms with E-state index in [-0.39, 0.29) is 11.2 Å². The maximum atomic E-state index is 14.6. The molecule has 1 saturated carbocycles. The van der Waals surface area contributed by atoms with Crippen molar-refractivity contribution >= 4 is 0 Å². The fourth-order valence-electron chi connectivity index (χ4n) is 3.50. The maximum Gasteiger partial charge on any atom is 0.147 e. The highest BCUT2D eigenvalue weighted by Crippen LogP contribution is 2.39. The zero-order valence-corrected chi connectivity index (χ0v) is 12.5. The molecule has 0 amide bonds. The molecule has 1 fully saturated rings. The van der Waals surface area contributed by atoms with Crippen LogP contribution in [0.2, 0.25) is 0 Å². The average Bonchev–Trinajstić information content (AvgIpc) is 2.94. The quantitative estimate of drug-likeness (QED) is 0.939. The lowest BCUT2D eigenvalue weighted by atomic mass is 9.69. The first kappa shape index (κ1) is 14.3. The van der Waals surface area contributed by atoms with E-state index in [1.54, 1.807) is 23.0 Å². The minimum atomic E-state index is -0.202. The van der Waals surface area contributed by atoms with Crippen molar-refractivity contribution in [3.8, 4) is 5.69 Å². The summed E-state index contributed by atoms with van der Waals surface area (Å²) in [5.74, 6) is 0.583. The molecule has 1 aromatic carbocycles. The third kappa shape index (κ3) is 2.48. The molecule has 0 spiro atoms. The van der Waals surface area contributed by atoms with Crippen LogP contribution in [0.1, 0.15) is 43.5 Å². The molecule has 0 saturated heterocycles. The molecule has 0 aliphatic heterocycles. The first-order chi connectivity index (χ1) is 10.2. The summed E-state index contributed by atoms with van der Waals surface area (Å²) in [6.45, 7) is 2.46. The molecule has 0 radical (unpaired) electrons. The molecule has 1 aliphatic rings. The molecule has 0 bridgehead atoms. The molecule has 1 aromatic heterocycles. The van der Waals surface area contributed by atoms with Crippen molar-refractivity contribution in [2.45, 2.75) is 44.4 Å². The van der Waals surface area contributed by atoms with E-state index in [4.69, 9.17) is 5.73 Å². The van der Waals surface area contributed by atoms with Gasteiger partial charge in [-0.3, -0.25) is 0 Å². The molecule has 2 aromatic rings. The van der Waals surface area contributed by atoms with Crippen LogP contribution in [0.15, 0.2) is 30.6 Å². The van der Waals surface area contributed by atoms with Crippen LogP contribution in [0.4, 0.5) is 4.39 Å². The highest BCUT2D eigenvalue weighted by molar-refractivity contribution is 5.40. The molecule has 2 N–H and O–H groups in total. The van der Waals surface area contributed by atoms with Crippen LogP contribution >= 0.6 is 0 Å². The summed E-state index contributed by atoms with van der Waals surface area (Å²) in [5.41, 5.74) is 7.60. The van der Waals surface area contributed by atoms with Gasteiger partial charge in [0, 0.05) is 24.4 Å². The minimum absolute atomic E-state index is 0.0401. The predicted molar refractivity (Wildman–Crippen MR) is 82.1 cm³/mol. The SMILES string of the molecule is Cc1nccn1-c1ccc(C2(CN)CCCCC2)cc1F. The zero-order valence-electron chi connectivity index (χ0n) is 12.5. The van der Waals surface area contributed by atoms with Gasteiger partial charge in [0.25, 0.3) is 0 Å². The second-order valence-corrected chi connectivity index (χ2v) is 6.06. The number of hydrogen-bond donors (Lipinski definition) is 1. The monoisotopic (exact) mass is 287 g/mol. The van der Waals surface area contributed by atoms with Crippen molar-refractivity contribution in [3.05, 3.63) is 47.8 Å². The number of nitrogens with two attached hydrogens (primary N) is 1. The molecule has 4 heteroatoms. The Labute approximate surface area is 125 Å². The van der Waals surface area contributed by atoms with Gasteiger partial charge in [-0.1, -0.05) is 25.3 Å². The highest BCUT2D eigenvalue weighted by atomic mass is 19.1. The van der Waals surface area contributed by atoms with Crippen LogP contribution in [0, 0.1) is 12.7 Å². The van der Waals surface area contributed by atoms with Gasteiger partial charge >= 0.3 is 0 Å². The molecule has 3 nitrogen and oxygen atoms in total. The maximum absolute atomic E-state index is 14.6. The number of aromatic nitrogens is 2. The van der Waals surface area contributed by atoms with E-state index in [1.165, 1.54) is 19.3 Å². The van der Waals surface area contributed by atoms with Gasteiger partial charge in [-0.05, 0) is 37.5 Å². The summed E-state index contributed by atoms with van der Waals surface area (Å²) in [7, 11) is 0. The van der Waals surface area contributed by atoms with Crippen LogP contribution < -0.4 is 5.73 Å². The highest BCUT2D eigenvalue weighted by Gasteiger charge is 2.33. The van der Waals surface area contributed by atoms with E-state index in [2.05, 4.69) is 4.98 Å². The predicted octanol–water partition coefficient (Wildman–Crippen LogP) is 3.48. The van der Waals surface area contributed by atoms with Crippen molar-refractivity contribution in [2.24, 2.45) is 5.73 Å². The van der Waals surface area contributed by atoms with Crippen LogP contribution in [0.3, 0.4) is 0 Å². The number of benzene rings is 1. The van der Waals surface area contributed by atoms with E-state index in [0.717, 1.165) is 24.2 Å². The molecule has 3 rings (SSSR count). The van der Waals surface area contributed by atoms with Gasteiger partial charge in [-0.2, -0.15) is 0 Å². The van der Waals surface area contributed by atoms with E-state index < -0.39 is 0 Å². The molecule has 0 atom stereocenters. The normalized spacial score (nSPS) is 17.9. The van der Waals surface area contributed by atoms with Gasteiger partial charge in [0.1, 0.15) is 11.6 Å². The van der Waals surface area contributed by atoms with Gasteiger partial charge in [-0.15, -0.1) is 0 Å². The van der Waals surface area contributed by atoms with Crippen molar-refractivity contribution < 1.29 is 4.39 Å². The third-order valence-corrected chi connectivity index (χ3v) is 4.85. The Balaban J connectivity index is 1.99. The van der Waals surface area contributed by atoms with Gasteiger partial charge in [-0.25, -0.2) is 9.37 Å². The van der Waals surface area contributed by atoms with Crippen molar-refractivity contribution in [3.63, 3.8) is 0 Å². The zero-order chi connectivity index (χ0) is 14.9. The molecular formula is C17H22FN3. The second-order valence-electron chi connectivity index (χ2n) is 6.06. The van der Waals surface area contributed by atoms with Crippen LogP contribution in [0.5, 0.6) is 0 Å². The smallest absolute Gasteiger partial charge is 0.147 e. The summed E-state index contributed by atoms with van der Waals surface area (Å²) in [5, 5.41) is 0. The molecule has 1 heterocycles. The van der Waals surface area contributed by atoms with E-state index in [1.807, 2.05) is 19.1 Å². The van der Waals surface area contributed by atoms with E-state index >= 15 is 0 Å². The first-order valence-electron chi connectivity index (χ1n) is 7.67. The Morgan fingerprint density at radius 3 is 2.62 bits per heavy atom. The van der Waals surface area contributed by atoms with Crippen LogP contribution in [-0.2, 0) is 5.41 Å². The first-order valence-corrected chi connectivity index (χ1v) is 7.67. The van der Waals surface area contributed by atoms with Gasteiger partial charge in [0.05, 0.1) is 5.69 Å². The molecule has 112 valence electrons. The summed E-state index contributed by atoms with van der Waals surface area (Å²) in [6, 6.07) is 5.56. The van der Waals surface area contributed by atoms with Crippen LogP contribution in [0.25, 0.3) is 5.69 Å². The van der Waals surface area contributed by atoms with Crippen molar-refractivity contribution in [1.29, 1.82) is 0 Å². The second kappa shape index (κ2) is 5.60. The standard InChI is InChI=1S/C17H22FN3/c1-13-20-9-10-21(13)16-6-5-14(11-15(16)18)17(12-19)7-3-2-4-8-17/h5-6,9-11H,2-4,7-8,12,19H2,1H3. The Bertz CT molecular complexity index is 627. The Morgan fingerprint density at radius 2 is 2.05 bits per heavy atom. The summed E-state index contributed by atoms with van der Waals surface area (Å²) in [6.07, 6.45) is 9.22. The fraction of sp³-hybridized carbons (Fsp3) is 0.471. The lowest BCUT2D eigenvalue weighted by Crippen LogP contribution is -2.37. The fourth-order valence-corrected chi connectivity index (χ4v) is 3.50. The average molecular weight is 287 g/mol. The number of nitrogens with zero attached hydrogens (tertiary/aromatic N) is 2. The Kier molecular flexibility index (Phi) is 3.81. The number of imidazole rings is 1. The molecular weight excluding hydrogens is 265 g/mol. The van der Waals surface area contributed by atoms with E-state index in [9.17, 15) is 4.39 Å². The number of halogens is 1. The van der Waals surface area contributed by atoms with Gasteiger partial charge < -0.3 is 10.3 Å². The number of aryl methyl sites for hydroxylation is 1. The Hall–Kier alpha value is -1.68. The van der Waals surface area contributed by atoms with Crippen molar-refractivity contribution in [1.82, 2.24) is 9.55 Å². The van der Waals surface area contributed by atoms with Gasteiger partial charge in [0.15, 0.2) is 0 Å². The van der Waals surface area contributed by atoms with Crippen LogP contribution in [-0.4, -0.2) is 16.1 Å². The number of rotatable bonds is 3. The molecule has 21 heavy (non-hydrogen) atoms. The Morgan fingerprint density at radius 1 is 1.29 bits per heavy atom. The van der Waals surface area contributed by atoms with Crippen molar-refractivity contribution in [2.75, 3.05) is 6.54 Å². The summed E-state index contributed by atoms with van der Waals surface area (Å²) in [4.78, 5) is 4.15. The largest absolute Gasteiger partial charge is 0.330 e. The molecule has 1 aliphatic carbocycles. The minimum Gasteiger partial charge on any atom is -0.330 e. The lowest BCUT2D eigenvalue weighted by Gasteiger charge is -2.37. The topological polar surface area (TPSA) is 43.8 Å². The van der Waals surface area contributed by atoms with E-state index in [0.29, 0.717) is 12.2 Å². The molecule has 0 unspecified atom stereocenters. The summed E-state index contributed by atoms with van der Waals surface area (Å²) >= 11 is 0. The third-order valence-electron chi connectivity index (χ3n) is 4.85. The van der Waals surface area contributed by atoms with Gasteiger partial charge in [0.2, 0.25) is 0 Å². The summed E-state index contributed by atoms with van der Waals surface area (Å²) < 4.78 is 16.3. The number of hydrogen-bond acceptors (Lipinski definition) is 2. The lowest BCUT2D eigenvalue weighted by molar-refractivity contribution is 0.300.